The molecular weight excluding hydrogens is 248 g/mol. The molecule has 0 aliphatic rings. The maximum atomic E-state index is 12.0. The molecule has 0 bridgehead atoms. The molecule has 0 radical (unpaired) electrons. The number of H-pyrrole nitrogens is 1. The molecule has 0 amide bonds. The molecule has 106 valence electrons. The summed E-state index contributed by atoms with van der Waals surface area (Å²) in [5, 5.41) is 8.66. The Morgan fingerprint density at radius 1 is 1.47 bits per heavy atom. The Bertz CT molecular complexity index is 520. The van der Waals surface area contributed by atoms with Gasteiger partial charge in [0.15, 0.2) is 0 Å². The lowest BCUT2D eigenvalue weighted by molar-refractivity contribution is -0.136. The minimum Gasteiger partial charge on any atom is -0.481 e. The van der Waals surface area contributed by atoms with Crippen LogP contribution in [0.1, 0.15) is 44.3 Å². The summed E-state index contributed by atoms with van der Waals surface area (Å²) in [5.74, 6) is -0.478. The van der Waals surface area contributed by atoms with Gasteiger partial charge in [0, 0.05) is 24.3 Å². The Morgan fingerprint density at radius 2 is 2.11 bits per heavy atom. The highest BCUT2D eigenvalue weighted by Gasteiger charge is 2.25. The molecule has 0 aliphatic carbocycles. The first kappa shape index (κ1) is 15.4. The van der Waals surface area contributed by atoms with E-state index in [1.54, 1.807) is 6.92 Å². The maximum Gasteiger partial charge on any atom is 0.303 e. The monoisotopic (exact) mass is 268 g/mol. The number of aromatic nitrogens is 2. The largest absolute Gasteiger partial charge is 0.481 e. The van der Waals surface area contributed by atoms with Crippen LogP contribution >= 0.6 is 0 Å². The number of carboxylic acid groups (broad SMARTS) is 1. The molecule has 0 aromatic carbocycles. The van der Waals surface area contributed by atoms with Gasteiger partial charge < -0.3 is 14.8 Å². The van der Waals surface area contributed by atoms with Crippen LogP contribution in [0.3, 0.4) is 0 Å². The van der Waals surface area contributed by atoms with Gasteiger partial charge in [0.05, 0.1) is 0 Å². The van der Waals surface area contributed by atoms with Crippen LogP contribution in [-0.2, 0) is 21.6 Å². The minimum atomic E-state index is -0.933. The zero-order valence-electron chi connectivity index (χ0n) is 11.7. The van der Waals surface area contributed by atoms with Crippen molar-refractivity contribution in [3.05, 3.63) is 27.4 Å². The molecule has 6 nitrogen and oxygen atoms in total. The van der Waals surface area contributed by atoms with Gasteiger partial charge in [-0.05, 0) is 34.1 Å². The predicted molar refractivity (Wildman–Crippen MR) is 70.2 cm³/mol. The summed E-state index contributed by atoms with van der Waals surface area (Å²) >= 11 is 0. The van der Waals surface area contributed by atoms with Crippen molar-refractivity contribution in [3.63, 3.8) is 0 Å². The average molecular weight is 268 g/mol. The second-order valence-corrected chi connectivity index (χ2v) is 4.82. The van der Waals surface area contributed by atoms with E-state index in [2.05, 4.69) is 9.97 Å². The smallest absolute Gasteiger partial charge is 0.303 e. The van der Waals surface area contributed by atoms with Gasteiger partial charge in [0.2, 0.25) is 0 Å². The van der Waals surface area contributed by atoms with Crippen molar-refractivity contribution in [2.24, 2.45) is 0 Å². The predicted octanol–water partition coefficient (Wildman–Crippen LogP) is 1.37. The third kappa shape index (κ3) is 3.89. The molecule has 0 saturated carbocycles. The third-order valence-electron chi connectivity index (χ3n) is 2.89. The first-order valence-electron chi connectivity index (χ1n) is 6.24. The molecule has 0 unspecified atom stereocenters. The van der Waals surface area contributed by atoms with Crippen LogP contribution in [-0.4, -0.2) is 27.7 Å². The van der Waals surface area contributed by atoms with Crippen LogP contribution in [0, 0.1) is 6.92 Å². The first-order valence-corrected chi connectivity index (χ1v) is 6.24. The van der Waals surface area contributed by atoms with Gasteiger partial charge in [-0.25, -0.2) is 4.98 Å². The molecule has 2 N–H and O–H groups in total. The molecule has 1 heterocycles. The summed E-state index contributed by atoms with van der Waals surface area (Å²) in [6.45, 7) is 7.73. The van der Waals surface area contributed by atoms with Crippen molar-refractivity contribution < 1.29 is 14.6 Å². The number of aryl methyl sites for hydroxylation is 1. The van der Waals surface area contributed by atoms with Gasteiger partial charge in [-0.15, -0.1) is 0 Å². The van der Waals surface area contributed by atoms with Crippen LogP contribution in [0.15, 0.2) is 4.79 Å². The summed E-state index contributed by atoms with van der Waals surface area (Å²) in [6, 6.07) is 0. The number of ether oxygens (including phenoxy) is 1. The highest BCUT2D eigenvalue weighted by atomic mass is 16.5. The lowest BCUT2D eigenvalue weighted by Gasteiger charge is -2.24. The highest BCUT2D eigenvalue weighted by molar-refractivity contribution is 5.67. The lowest BCUT2D eigenvalue weighted by atomic mass is 10.1. The van der Waals surface area contributed by atoms with Crippen molar-refractivity contribution >= 4 is 5.97 Å². The SMILES string of the molecule is CCOC(C)(C)c1nc(C)c(CCC(=O)O)c(=O)[nH]1. The fraction of sp³-hybridized carbons (Fsp3) is 0.615. The molecular formula is C13H20N2O4. The molecule has 19 heavy (non-hydrogen) atoms. The number of aromatic amines is 1. The number of nitrogens with zero attached hydrogens (tertiary/aromatic N) is 1. The molecule has 1 rings (SSSR count). The Hall–Kier alpha value is -1.69. The molecule has 0 aliphatic heterocycles. The Kier molecular flexibility index (Phi) is 4.83. The number of rotatable bonds is 6. The lowest BCUT2D eigenvalue weighted by Crippen LogP contribution is -2.30. The third-order valence-corrected chi connectivity index (χ3v) is 2.89. The van der Waals surface area contributed by atoms with Gasteiger partial charge >= 0.3 is 5.97 Å². The Morgan fingerprint density at radius 3 is 2.58 bits per heavy atom. The quantitative estimate of drug-likeness (QED) is 0.812. The van der Waals surface area contributed by atoms with E-state index in [4.69, 9.17) is 9.84 Å². The minimum absolute atomic E-state index is 0.0835. The van der Waals surface area contributed by atoms with Gasteiger partial charge in [0.25, 0.3) is 5.56 Å². The normalized spacial score (nSPS) is 11.6. The highest BCUT2D eigenvalue weighted by Crippen LogP contribution is 2.20. The van der Waals surface area contributed by atoms with Crippen LogP contribution in [0.4, 0.5) is 0 Å². The van der Waals surface area contributed by atoms with Crippen LogP contribution in [0.5, 0.6) is 0 Å². The number of hydrogen-bond donors (Lipinski definition) is 2. The van der Waals surface area contributed by atoms with E-state index >= 15 is 0 Å². The van der Waals surface area contributed by atoms with E-state index in [0.717, 1.165) is 0 Å². The molecule has 1 aromatic rings. The van der Waals surface area contributed by atoms with E-state index < -0.39 is 11.6 Å². The number of aliphatic carboxylic acids is 1. The van der Waals surface area contributed by atoms with E-state index in [0.29, 0.717) is 23.7 Å². The van der Waals surface area contributed by atoms with E-state index in [1.165, 1.54) is 0 Å². The van der Waals surface area contributed by atoms with Gasteiger partial charge in [-0.3, -0.25) is 9.59 Å². The first-order chi connectivity index (χ1) is 8.77. The number of carbonyl (C=O) groups is 1. The van der Waals surface area contributed by atoms with Crippen molar-refractivity contribution in [1.82, 2.24) is 9.97 Å². The summed E-state index contributed by atoms with van der Waals surface area (Å²) in [7, 11) is 0. The summed E-state index contributed by atoms with van der Waals surface area (Å²) in [5.41, 5.74) is -0.00737. The van der Waals surface area contributed by atoms with Crippen LogP contribution < -0.4 is 5.56 Å². The van der Waals surface area contributed by atoms with E-state index in [1.807, 2.05) is 20.8 Å². The molecule has 0 spiro atoms. The average Bonchev–Trinajstić information content (AvgIpc) is 2.27. The molecule has 6 heteroatoms. The van der Waals surface area contributed by atoms with E-state index in [-0.39, 0.29) is 18.4 Å². The Balaban J connectivity index is 3.10. The van der Waals surface area contributed by atoms with Crippen molar-refractivity contribution in [1.29, 1.82) is 0 Å². The number of hydrogen-bond acceptors (Lipinski definition) is 4. The zero-order valence-corrected chi connectivity index (χ0v) is 11.7. The van der Waals surface area contributed by atoms with Crippen molar-refractivity contribution in [2.75, 3.05) is 6.61 Å². The van der Waals surface area contributed by atoms with Crippen LogP contribution in [0.2, 0.25) is 0 Å². The molecule has 0 fully saturated rings. The molecule has 0 saturated heterocycles. The molecule has 1 aromatic heterocycles. The van der Waals surface area contributed by atoms with Gasteiger partial charge in [0.1, 0.15) is 11.4 Å². The topological polar surface area (TPSA) is 92.3 Å². The van der Waals surface area contributed by atoms with Crippen molar-refractivity contribution in [2.45, 2.75) is 46.1 Å². The zero-order chi connectivity index (χ0) is 14.6. The maximum absolute atomic E-state index is 12.0. The fourth-order valence-corrected chi connectivity index (χ4v) is 1.85. The van der Waals surface area contributed by atoms with E-state index in [9.17, 15) is 9.59 Å². The molecule has 0 atom stereocenters. The fourth-order valence-electron chi connectivity index (χ4n) is 1.85. The standard InChI is InChI=1S/C13H20N2O4/c1-5-19-13(3,4)12-14-8(2)9(11(18)15-12)6-7-10(16)17/h5-7H2,1-4H3,(H,16,17)(H,14,15,18). The van der Waals surface area contributed by atoms with Crippen molar-refractivity contribution in [3.8, 4) is 0 Å². The van der Waals surface area contributed by atoms with Gasteiger partial charge in [-0.1, -0.05) is 0 Å². The summed E-state index contributed by atoms with van der Waals surface area (Å²) in [6.07, 6.45) is 0.0959. The Labute approximate surface area is 111 Å². The summed E-state index contributed by atoms with van der Waals surface area (Å²) < 4.78 is 5.54. The second-order valence-electron chi connectivity index (χ2n) is 4.82. The number of carboxylic acids is 1. The summed E-state index contributed by atoms with van der Waals surface area (Å²) in [4.78, 5) is 29.5. The van der Waals surface area contributed by atoms with Gasteiger partial charge in [-0.2, -0.15) is 0 Å². The second kappa shape index (κ2) is 5.97. The number of nitrogens with one attached hydrogen (secondary N) is 1. The van der Waals surface area contributed by atoms with Crippen LogP contribution in [0.25, 0.3) is 0 Å².